The van der Waals surface area contributed by atoms with Gasteiger partial charge in [-0.2, -0.15) is 0 Å². The largest absolute Gasteiger partial charge is 0.481 e. The van der Waals surface area contributed by atoms with Crippen LogP contribution in [-0.4, -0.2) is 47.3 Å². The number of aliphatic carboxylic acids is 2. The van der Waals surface area contributed by atoms with Crippen LogP contribution in [0.4, 0.5) is 0 Å². The average Bonchev–Trinajstić information content (AvgIpc) is 2.82. The molecule has 6 atom stereocenters. The molecule has 0 radical (unpaired) electrons. The third kappa shape index (κ3) is 9.26. The molecule has 8 heteroatoms. The third-order valence-corrected chi connectivity index (χ3v) is 7.24. The van der Waals surface area contributed by atoms with E-state index in [4.69, 9.17) is 9.47 Å². The lowest BCUT2D eigenvalue weighted by molar-refractivity contribution is -0.173. The zero-order chi connectivity index (χ0) is 25.7. The van der Waals surface area contributed by atoms with E-state index in [1.807, 2.05) is 13.8 Å². The second-order valence-corrected chi connectivity index (χ2v) is 9.67. The average molecular weight is 485 g/mol. The summed E-state index contributed by atoms with van der Waals surface area (Å²) >= 11 is 0. The van der Waals surface area contributed by atoms with E-state index >= 15 is 0 Å². The Morgan fingerprint density at radius 1 is 0.676 bits per heavy atom. The highest BCUT2D eigenvalue weighted by Crippen LogP contribution is 2.40. The topological polar surface area (TPSA) is 127 Å². The fraction of sp³-hybridized carbons (Fsp3) is 0.846. The zero-order valence-electron chi connectivity index (χ0n) is 21.3. The number of hydrogen-bond donors (Lipinski definition) is 2. The normalized spacial score (nSPS) is 24.1. The minimum Gasteiger partial charge on any atom is -0.481 e. The van der Waals surface area contributed by atoms with Crippen molar-refractivity contribution in [3.8, 4) is 0 Å². The van der Waals surface area contributed by atoms with Crippen LogP contribution in [0.3, 0.4) is 0 Å². The second-order valence-electron chi connectivity index (χ2n) is 9.67. The van der Waals surface area contributed by atoms with Crippen molar-refractivity contribution in [3.05, 3.63) is 0 Å². The van der Waals surface area contributed by atoms with Crippen LogP contribution in [0.1, 0.15) is 91.9 Å². The summed E-state index contributed by atoms with van der Waals surface area (Å²) in [7, 11) is 0. The van der Waals surface area contributed by atoms with Gasteiger partial charge in [-0.1, -0.05) is 66.2 Å². The molecule has 8 nitrogen and oxygen atoms in total. The third-order valence-electron chi connectivity index (χ3n) is 7.24. The minimum absolute atomic E-state index is 0.198. The maximum atomic E-state index is 13.0. The van der Waals surface area contributed by atoms with Gasteiger partial charge in [0.25, 0.3) is 0 Å². The Labute approximate surface area is 203 Å². The summed E-state index contributed by atoms with van der Waals surface area (Å²) in [5, 5.41) is 19.2. The van der Waals surface area contributed by atoms with Gasteiger partial charge < -0.3 is 19.7 Å². The molecule has 6 unspecified atom stereocenters. The molecule has 0 amide bonds. The predicted molar refractivity (Wildman–Crippen MR) is 127 cm³/mol. The Kier molecular flexibility index (Phi) is 13.8. The highest BCUT2D eigenvalue weighted by Gasteiger charge is 2.50. The molecule has 196 valence electrons. The van der Waals surface area contributed by atoms with Gasteiger partial charge in [-0.15, -0.1) is 0 Å². The van der Waals surface area contributed by atoms with E-state index in [1.165, 1.54) is 0 Å². The first-order valence-corrected chi connectivity index (χ1v) is 13.0. The molecule has 0 aromatic rings. The summed E-state index contributed by atoms with van der Waals surface area (Å²) in [5.41, 5.74) is 0. The molecule has 0 aromatic heterocycles. The fourth-order valence-electron chi connectivity index (χ4n) is 4.68. The molecular weight excluding hydrogens is 440 g/mol. The molecule has 1 fully saturated rings. The lowest BCUT2D eigenvalue weighted by atomic mass is 9.68. The van der Waals surface area contributed by atoms with Gasteiger partial charge in [-0.3, -0.25) is 19.2 Å². The van der Waals surface area contributed by atoms with Gasteiger partial charge in [0.1, 0.15) is 0 Å². The molecule has 1 aliphatic rings. The Hall–Kier alpha value is -2.12. The zero-order valence-corrected chi connectivity index (χ0v) is 21.3. The summed E-state index contributed by atoms with van der Waals surface area (Å²) in [6.45, 7) is 8.65. The van der Waals surface area contributed by atoms with Crippen LogP contribution < -0.4 is 0 Å². The Bertz CT molecular complexity index is 605. The number of ether oxygens (including phenoxy) is 2. The van der Waals surface area contributed by atoms with Crippen LogP contribution in [0.2, 0.25) is 0 Å². The summed E-state index contributed by atoms with van der Waals surface area (Å²) < 4.78 is 11.1. The van der Waals surface area contributed by atoms with Crippen LogP contribution in [0.15, 0.2) is 0 Å². The van der Waals surface area contributed by atoms with Gasteiger partial charge >= 0.3 is 23.9 Å². The van der Waals surface area contributed by atoms with E-state index in [1.54, 1.807) is 0 Å². The summed E-state index contributed by atoms with van der Waals surface area (Å²) in [6.07, 6.45) is 7.16. The number of carboxylic acid groups (broad SMARTS) is 2. The predicted octanol–water partition coefficient (Wildman–Crippen LogP) is 4.93. The molecule has 1 saturated carbocycles. The van der Waals surface area contributed by atoms with Crippen LogP contribution in [0, 0.1) is 35.5 Å². The Morgan fingerprint density at radius 3 is 1.29 bits per heavy atom. The second kappa shape index (κ2) is 15.7. The van der Waals surface area contributed by atoms with Gasteiger partial charge in [0.05, 0.1) is 36.9 Å². The van der Waals surface area contributed by atoms with Gasteiger partial charge in [0, 0.05) is 0 Å². The first-order valence-electron chi connectivity index (χ1n) is 13.0. The maximum absolute atomic E-state index is 13.0. The molecule has 0 saturated heterocycles. The van der Waals surface area contributed by atoms with Crippen molar-refractivity contribution in [2.45, 2.75) is 91.9 Å². The molecule has 1 rings (SSSR count). The molecule has 0 aromatic carbocycles. The quantitative estimate of drug-likeness (QED) is 0.295. The van der Waals surface area contributed by atoms with Gasteiger partial charge in [-0.25, -0.2) is 0 Å². The van der Waals surface area contributed by atoms with Crippen molar-refractivity contribution in [2.24, 2.45) is 35.5 Å². The highest BCUT2D eigenvalue weighted by atomic mass is 16.5. The SMILES string of the molecule is CCCCC(CC)COC(=O)C1CC(C(=O)O)C(C(=O)O)CC1C(=O)OCC(CC)CCCC. The van der Waals surface area contributed by atoms with Gasteiger partial charge in [0.2, 0.25) is 0 Å². The minimum atomic E-state index is -1.28. The highest BCUT2D eigenvalue weighted by molar-refractivity contribution is 5.86. The monoisotopic (exact) mass is 484 g/mol. The number of esters is 2. The number of carboxylic acids is 2. The number of carbonyl (C=O) groups excluding carboxylic acids is 2. The molecule has 0 bridgehead atoms. The maximum Gasteiger partial charge on any atom is 0.309 e. The smallest absolute Gasteiger partial charge is 0.309 e. The number of unbranched alkanes of at least 4 members (excludes halogenated alkanes) is 2. The van der Waals surface area contributed by atoms with Crippen LogP contribution >= 0.6 is 0 Å². The van der Waals surface area contributed by atoms with Crippen molar-refractivity contribution in [1.29, 1.82) is 0 Å². The van der Waals surface area contributed by atoms with Crippen LogP contribution in [0.25, 0.3) is 0 Å². The van der Waals surface area contributed by atoms with Crippen LogP contribution in [-0.2, 0) is 28.7 Å². The van der Waals surface area contributed by atoms with E-state index in [0.717, 1.165) is 51.4 Å². The summed E-state index contributed by atoms with van der Waals surface area (Å²) in [4.78, 5) is 49.6. The molecule has 0 heterocycles. The lowest BCUT2D eigenvalue weighted by Gasteiger charge is -2.35. The summed E-state index contributed by atoms with van der Waals surface area (Å²) in [5.74, 6) is -7.99. The fourth-order valence-corrected chi connectivity index (χ4v) is 4.68. The number of carbonyl (C=O) groups is 4. The van der Waals surface area contributed by atoms with Crippen molar-refractivity contribution in [2.75, 3.05) is 13.2 Å². The van der Waals surface area contributed by atoms with Crippen molar-refractivity contribution in [3.63, 3.8) is 0 Å². The Balaban J connectivity index is 2.99. The first-order chi connectivity index (χ1) is 16.2. The first kappa shape index (κ1) is 29.9. The van der Waals surface area contributed by atoms with E-state index in [-0.39, 0.29) is 37.9 Å². The van der Waals surface area contributed by atoms with E-state index in [2.05, 4.69) is 13.8 Å². The van der Waals surface area contributed by atoms with Crippen molar-refractivity contribution >= 4 is 23.9 Å². The molecule has 2 N–H and O–H groups in total. The number of hydrogen-bond acceptors (Lipinski definition) is 6. The molecule has 34 heavy (non-hydrogen) atoms. The van der Waals surface area contributed by atoms with Crippen LogP contribution in [0.5, 0.6) is 0 Å². The van der Waals surface area contributed by atoms with Gasteiger partial charge in [-0.05, 0) is 37.5 Å². The van der Waals surface area contributed by atoms with Crippen molar-refractivity contribution < 1.29 is 38.9 Å². The number of rotatable bonds is 16. The molecule has 1 aliphatic carbocycles. The Morgan fingerprint density at radius 2 is 1.03 bits per heavy atom. The van der Waals surface area contributed by atoms with Crippen molar-refractivity contribution in [1.82, 2.24) is 0 Å². The van der Waals surface area contributed by atoms with E-state index < -0.39 is 47.5 Å². The summed E-state index contributed by atoms with van der Waals surface area (Å²) in [6, 6.07) is 0. The molecular formula is C26H44O8. The van der Waals surface area contributed by atoms with E-state index in [9.17, 15) is 29.4 Å². The van der Waals surface area contributed by atoms with E-state index in [0.29, 0.717) is 0 Å². The molecule has 0 aliphatic heterocycles. The standard InChI is InChI=1S/C26H44O8/c1-5-9-11-17(7-3)15-33-25(31)21-13-19(23(27)28)20(24(29)30)14-22(21)26(32)34-16-18(8-4)12-10-6-2/h17-22H,5-16H2,1-4H3,(H,27,28)(H,29,30). The lowest BCUT2D eigenvalue weighted by Crippen LogP contribution is -2.46. The van der Waals surface area contributed by atoms with Gasteiger partial charge in [0.15, 0.2) is 0 Å². The molecule has 0 spiro atoms.